The monoisotopic (exact) mass is 818 g/mol. The van der Waals surface area contributed by atoms with E-state index in [0.717, 1.165) is 13.8 Å². The van der Waals surface area contributed by atoms with Gasteiger partial charge >= 0.3 is 5.97 Å². The lowest BCUT2D eigenvalue weighted by atomic mass is 9.88. The molecule has 0 spiro atoms. The van der Waals surface area contributed by atoms with Gasteiger partial charge in [0.2, 0.25) is 11.8 Å². The number of hydrogen-bond donors (Lipinski definition) is 14. The van der Waals surface area contributed by atoms with Crippen molar-refractivity contribution in [3.05, 3.63) is 0 Å². The van der Waals surface area contributed by atoms with Gasteiger partial charge in [0.1, 0.15) is 79.4 Å². The number of aliphatic hydroxyl groups excluding tert-OH is 11. The Balaban J connectivity index is 1.71. The van der Waals surface area contributed by atoms with E-state index in [1.54, 1.807) is 0 Å². The molecule has 0 aromatic rings. The molecule has 0 aliphatic carbocycles. The Morgan fingerprint density at radius 3 is 1.84 bits per heavy atom. The van der Waals surface area contributed by atoms with Gasteiger partial charge in [-0.2, -0.15) is 0 Å². The maximum absolute atomic E-state index is 12.9. The molecule has 19 unspecified atom stereocenters. The van der Waals surface area contributed by atoms with Crippen LogP contribution in [0.2, 0.25) is 0 Å². The standard InChI is InChI=1S/C32H54N2O22/c1-9-17(33-11(3)38)27(54-29-23(46)22(45)19(42)10(2)51-29)25(16(8-37)50-9)53-30-24(47)28(21(44)15(7-36)52-30)56-32(31(48)49)5-13(40)18(34-12(4)39)26(55-32)20(43)14(41)6-35/h9-10,13-30,35-37,40-47H,5-8H2,1-4H3,(H,33,38)(H,34,39)(H,48,49)/t9?,10?,13?,14-,15?,16?,17?,18?,19?,20-,21?,22?,23?,24?,25?,26?,27?,28?,29?,30?,32?/m1/s1. The van der Waals surface area contributed by atoms with Crippen LogP contribution >= 0.6 is 0 Å². The second-order valence-corrected chi connectivity index (χ2v) is 14.3. The van der Waals surface area contributed by atoms with Crippen molar-refractivity contribution in [3.8, 4) is 0 Å². The number of amides is 2. The molecule has 56 heavy (non-hydrogen) atoms. The van der Waals surface area contributed by atoms with Crippen LogP contribution in [0, 0.1) is 0 Å². The molecule has 0 aromatic heterocycles. The van der Waals surface area contributed by atoms with E-state index in [0.29, 0.717) is 0 Å². The van der Waals surface area contributed by atoms with Crippen LogP contribution in [0.1, 0.15) is 34.1 Å². The predicted octanol–water partition coefficient (Wildman–Crippen LogP) is -8.16. The first-order valence-corrected chi connectivity index (χ1v) is 17.9. The zero-order chi connectivity index (χ0) is 42.0. The third-order valence-electron chi connectivity index (χ3n) is 10.2. The van der Waals surface area contributed by atoms with Gasteiger partial charge in [0.25, 0.3) is 5.79 Å². The number of aliphatic hydroxyl groups is 11. The van der Waals surface area contributed by atoms with Crippen LogP contribution < -0.4 is 10.6 Å². The number of carbonyl (C=O) groups excluding carboxylic acids is 2. The Morgan fingerprint density at radius 2 is 1.29 bits per heavy atom. The number of carboxylic acids is 1. The third-order valence-corrected chi connectivity index (χ3v) is 10.2. The number of nitrogens with one attached hydrogen (secondary N) is 2. The lowest BCUT2D eigenvalue weighted by Crippen LogP contribution is -2.71. The molecule has 2 amide bonds. The summed E-state index contributed by atoms with van der Waals surface area (Å²) in [6.07, 6.45) is -32.7. The van der Waals surface area contributed by atoms with Crippen LogP contribution in [0.3, 0.4) is 0 Å². The third kappa shape index (κ3) is 9.75. The molecule has 24 nitrogen and oxygen atoms in total. The van der Waals surface area contributed by atoms with E-state index in [1.807, 2.05) is 0 Å². The zero-order valence-corrected chi connectivity index (χ0v) is 30.8. The molecule has 4 saturated heterocycles. The minimum atomic E-state index is -3.08. The number of ether oxygens (including phenoxy) is 7. The van der Waals surface area contributed by atoms with Crippen molar-refractivity contribution >= 4 is 17.8 Å². The Morgan fingerprint density at radius 1 is 0.714 bits per heavy atom. The minimum Gasteiger partial charge on any atom is -0.477 e. The number of carbonyl (C=O) groups is 3. The molecule has 4 rings (SSSR count). The maximum Gasteiger partial charge on any atom is 0.364 e. The van der Waals surface area contributed by atoms with Crippen LogP contribution in [0.4, 0.5) is 0 Å². The average molecular weight is 819 g/mol. The van der Waals surface area contributed by atoms with Gasteiger partial charge in [-0.15, -0.1) is 0 Å². The first-order valence-electron chi connectivity index (χ1n) is 17.9. The molecule has 324 valence electrons. The summed E-state index contributed by atoms with van der Waals surface area (Å²) in [6, 6.07) is -2.76. The molecule has 4 aliphatic rings. The molecule has 4 fully saturated rings. The summed E-state index contributed by atoms with van der Waals surface area (Å²) in [7, 11) is 0. The smallest absolute Gasteiger partial charge is 0.364 e. The fourth-order valence-corrected chi connectivity index (χ4v) is 7.24. The highest BCUT2D eigenvalue weighted by Crippen LogP contribution is 2.39. The first kappa shape index (κ1) is 46.4. The Bertz CT molecular complexity index is 1330. The van der Waals surface area contributed by atoms with Crippen LogP contribution in [0.5, 0.6) is 0 Å². The summed E-state index contributed by atoms with van der Waals surface area (Å²) in [6.45, 7) is 2.17. The number of hydrogen-bond acceptors (Lipinski definition) is 21. The highest BCUT2D eigenvalue weighted by atomic mass is 16.8. The van der Waals surface area contributed by atoms with E-state index in [2.05, 4.69) is 10.6 Å². The lowest BCUT2D eigenvalue weighted by molar-refractivity contribution is -0.385. The van der Waals surface area contributed by atoms with Gasteiger partial charge < -0.3 is 105 Å². The number of aliphatic carboxylic acids is 1. The van der Waals surface area contributed by atoms with Crippen molar-refractivity contribution in [2.45, 2.75) is 162 Å². The molecule has 4 aliphatic heterocycles. The lowest BCUT2D eigenvalue weighted by Gasteiger charge is -2.51. The van der Waals surface area contributed by atoms with E-state index in [1.165, 1.54) is 13.8 Å². The number of rotatable bonds is 14. The van der Waals surface area contributed by atoms with Crippen molar-refractivity contribution < 1.29 is 109 Å². The van der Waals surface area contributed by atoms with Crippen LogP contribution in [-0.2, 0) is 47.5 Å². The Labute approximate surface area is 319 Å². The maximum atomic E-state index is 12.9. The van der Waals surface area contributed by atoms with Gasteiger partial charge in [0, 0.05) is 20.3 Å². The molecule has 0 radical (unpaired) electrons. The van der Waals surface area contributed by atoms with Gasteiger partial charge in [-0.1, -0.05) is 0 Å². The Kier molecular flexibility index (Phi) is 15.9. The summed E-state index contributed by atoms with van der Waals surface area (Å²) >= 11 is 0. The van der Waals surface area contributed by atoms with Crippen molar-refractivity contribution in [2.75, 3.05) is 19.8 Å². The molecule has 21 atom stereocenters. The minimum absolute atomic E-state index is 0.607. The summed E-state index contributed by atoms with van der Waals surface area (Å²) < 4.78 is 40.6. The average Bonchev–Trinajstić information content (AvgIpc) is 3.14. The van der Waals surface area contributed by atoms with Gasteiger partial charge in [-0.3, -0.25) is 9.59 Å². The SMILES string of the molecule is CC(=O)NC1C(C)OC(CO)C(OC2OC(CO)C(O)C(OC3(C(=O)O)CC(O)C(NC(C)=O)C([C@H](O)[C@H](O)CO)O3)C2O)C1OC1OC(C)C(O)C(O)C1O. The summed E-state index contributed by atoms with van der Waals surface area (Å²) in [5, 5.41) is 131. The molecule has 0 bridgehead atoms. The molecular formula is C32H54N2O22. The molecule has 14 N–H and O–H groups in total. The van der Waals surface area contributed by atoms with Crippen molar-refractivity contribution in [3.63, 3.8) is 0 Å². The van der Waals surface area contributed by atoms with E-state index in [9.17, 15) is 75.7 Å². The van der Waals surface area contributed by atoms with E-state index >= 15 is 0 Å². The van der Waals surface area contributed by atoms with Gasteiger partial charge in [0.05, 0.1) is 50.2 Å². The van der Waals surface area contributed by atoms with Crippen LogP contribution in [0.15, 0.2) is 0 Å². The van der Waals surface area contributed by atoms with Gasteiger partial charge in [0.15, 0.2) is 12.6 Å². The van der Waals surface area contributed by atoms with Crippen LogP contribution in [-0.4, -0.2) is 227 Å². The molecule has 0 aromatic carbocycles. The normalized spacial score (nSPS) is 45.7. The molecule has 24 heteroatoms. The number of carboxylic acid groups (broad SMARTS) is 1. The summed E-state index contributed by atoms with van der Waals surface area (Å²) in [4.78, 5) is 37.1. The predicted molar refractivity (Wildman–Crippen MR) is 176 cm³/mol. The molecule has 4 heterocycles. The second-order valence-electron chi connectivity index (χ2n) is 14.3. The van der Waals surface area contributed by atoms with Gasteiger partial charge in [-0.25, -0.2) is 4.79 Å². The zero-order valence-electron chi connectivity index (χ0n) is 30.8. The van der Waals surface area contributed by atoms with E-state index in [4.69, 9.17) is 33.2 Å². The fraction of sp³-hybridized carbons (Fsp3) is 0.906. The molecular weight excluding hydrogens is 764 g/mol. The largest absolute Gasteiger partial charge is 0.477 e. The van der Waals surface area contributed by atoms with Crippen molar-refractivity contribution in [2.24, 2.45) is 0 Å². The van der Waals surface area contributed by atoms with E-state index < -0.39 is 172 Å². The van der Waals surface area contributed by atoms with Crippen LogP contribution in [0.25, 0.3) is 0 Å². The van der Waals surface area contributed by atoms with Crippen molar-refractivity contribution in [1.29, 1.82) is 0 Å². The molecule has 0 saturated carbocycles. The summed E-state index contributed by atoms with van der Waals surface area (Å²) in [5.41, 5.74) is 0. The summed E-state index contributed by atoms with van der Waals surface area (Å²) in [5.74, 6) is -6.45. The van der Waals surface area contributed by atoms with E-state index in [-0.39, 0.29) is 0 Å². The van der Waals surface area contributed by atoms with Gasteiger partial charge in [-0.05, 0) is 13.8 Å². The second kappa shape index (κ2) is 19.2. The Hall–Kier alpha value is -2.31. The highest BCUT2D eigenvalue weighted by molar-refractivity contribution is 5.76. The highest BCUT2D eigenvalue weighted by Gasteiger charge is 2.60. The van der Waals surface area contributed by atoms with Crippen molar-refractivity contribution in [1.82, 2.24) is 10.6 Å². The fourth-order valence-electron chi connectivity index (χ4n) is 7.24. The quantitative estimate of drug-likeness (QED) is 0.0774. The topological polar surface area (TPSA) is 383 Å². The first-order chi connectivity index (χ1) is 26.2.